The third-order valence-corrected chi connectivity index (χ3v) is 2.38. The quantitative estimate of drug-likeness (QED) is 0.534. The molecule has 3 unspecified atom stereocenters. The normalized spacial score (nSPS) is 44.6. The monoisotopic (exact) mass is 141 g/mol. The van der Waals surface area contributed by atoms with Crippen LogP contribution in [-0.2, 0) is 4.84 Å². The third-order valence-electron chi connectivity index (χ3n) is 2.38. The molecule has 1 heterocycles. The van der Waals surface area contributed by atoms with Crippen molar-refractivity contribution in [3.63, 3.8) is 0 Å². The highest BCUT2D eigenvalue weighted by Crippen LogP contribution is 2.33. The first-order valence-corrected chi connectivity index (χ1v) is 3.67. The molecule has 2 rings (SSSR count). The first kappa shape index (κ1) is 6.16. The van der Waals surface area contributed by atoms with Gasteiger partial charge >= 0.3 is 0 Å². The van der Waals surface area contributed by atoms with Gasteiger partial charge in [-0.3, -0.25) is 0 Å². The van der Waals surface area contributed by atoms with Crippen LogP contribution < -0.4 is 0 Å². The van der Waals surface area contributed by atoms with Gasteiger partial charge in [0.1, 0.15) is 6.10 Å². The summed E-state index contributed by atoms with van der Waals surface area (Å²) in [5.74, 6) is 0.194. The molecule has 0 aromatic carbocycles. The van der Waals surface area contributed by atoms with E-state index in [9.17, 15) is 5.11 Å². The molecule has 1 fully saturated rings. The molecule has 1 aliphatic heterocycles. The Kier molecular flexibility index (Phi) is 1.20. The molecule has 3 atom stereocenters. The number of aliphatic hydroxyl groups is 1. The Labute approximate surface area is 59.7 Å². The molecular weight excluding hydrogens is 130 g/mol. The van der Waals surface area contributed by atoms with Crippen LogP contribution in [-0.4, -0.2) is 23.0 Å². The summed E-state index contributed by atoms with van der Waals surface area (Å²) >= 11 is 0. The average molecular weight is 141 g/mol. The Balaban J connectivity index is 2.20. The summed E-state index contributed by atoms with van der Waals surface area (Å²) < 4.78 is 0. The zero-order valence-electron chi connectivity index (χ0n) is 5.95. The van der Waals surface area contributed by atoms with Gasteiger partial charge in [0, 0.05) is 0 Å². The van der Waals surface area contributed by atoms with Crippen molar-refractivity contribution >= 4 is 5.71 Å². The van der Waals surface area contributed by atoms with Crippen molar-refractivity contribution in [1.29, 1.82) is 0 Å². The topological polar surface area (TPSA) is 41.8 Å². The molecule has 0 spiro atoms. The second-order valence-corrected chi connectivity index (χ2v) is 3.05. The smallest absolute Gasteiger partial charge is 0.138 e. The van der Waals surface area contributed by atoms with Gasteiger partial charge in [0.15, 0.2) is 0 Å². The van der Waals surface area contributed by atoms with Gasteiger partial charge < -0.3 is 9.94 Å². The highest BCUT2D eigenvalue weighted by molar-refractivity contribution is 5.86. The first-order valence-electron chi connectivity index (χ1n) is 3.67. The van der Waals surface area contributed by atoms with Gasteiger partial charge in [0.2, 0.25) is 0 Å². The van der Waals surface area contributed by atoms with Crippen LogP contribution in [0.4, 0.5) is 0 Å². The molecule has 0 radical (unpaired) electrons. The van der Waals surface area contributed by atoms with Gasteiger partial charge in [-0.15, -0.1) is 0 Å². The third kappa shape index (κ3) is 0.669. The molecule has 1 saturated carbocycles. The summed E-state index contributed by atoms with van der Waals surface area (Å²) in [5.41, 5.74) is 0.954. The zero-order chi connectivity index (χ0) is 7.14. The summed E-state index contributed by atoms with van der Waals surface area (Å²) in [6.45, 7) is 1.92. The molecule has 1 aliphatic carbocycles. The molecule has 0 bridgehead atoms. The highest BCUT2D eigenvalue weighted by atomic mass is 16.6. The van der Waals surface area contributed by atoms with E-state index in [-0.39, 0.29) is 18.1 Å². The van der Waals surface area contributed by atoms with Crippen LogP contribution in [0.2, 0.25) is 0 Å². The molecule has 0 amide bonds. The molecule has 56 valence electrons. The molecule has 10 heavy (non-hydrogen) atoms. The van der Waals surface area contributed by atoms with Gasteiger partial charge in [-0.1, -0.05) is 5.16 Å². The number of aliphatic hydroxyl groups excluding tert-OH is 1. The molecule has 1 N–H and O–H groups in total. The lowest BCUT2D eigenvalue weighted by molar-refractivity contribution is 0.0582. The van der Waals surface area contributed by atoms with Crippen molar-refractivity contribution < 1.29 is 9.94 Å². The SMILES string of the molecule is CC1=NOC2CCC(O)C12. The van der Waals surface area contributed by atoms with Crippen molar-refractivity contribution in [2.24, 2.45) is 11.1 Å². The standard InChI is InChI=1S/C7H11NO2/c1-4-7-5(9)2-3-6(7)10-8-4/h5-7,9H,2-3H2,1H3. The van der Waals surface area contributed by atoms with Crippen molar-refractivity contribution in [2.45, 2.75) is 32.0 Å². The summed E-state index contributed by atoms with van der Waals surface area (Å²) in [4.78, 5) is 5.09. The van der Waals surface area contributed by atoms with E-state index in [1.165, 1.54) is 0 Å². The lowest BCUT2D eigenvalue weighted by atomic mass is 10.00. The number of hydrogen-bond donors (Lipinski definition) is 1. The number of nitrogens with zero attached hydrogens (tertiary/aromatic N) is 1. The van der Waals surface area contributed by atoms with E-state index in [0.29, 0.717) is 0 Å². The second-order valence-electron chi connectivity index (χ2n) is 3.05. The molecule has 0 aromatic heterocycles. The van der Waals surface area contributed by atoms with Crippen molar-refractivity contribution in [3.8, 4) is 0 Å². The lowest BCUT2D eigenvalue weighted by Gasteiger charge is -2.09. The maximum atomic E-state index is 9.41. The van der Waals surface area contributed by atoms with E-state index < -0.39 is 0 Å². The van der Waals surface area contributed by atoms with Crippen LogP contribution in [0.5, 0.6) is 0 Å². The lowest BCUT2D eigenvalue weighted by Crippen LogP contribution is -2.24. The second kappa shape index (κ2) is 1.95. The van der Waals surface area contributed by atoms with Crippen LogP contribution in [0.15, 0.2) is 5.16 Å². The fourth-order valence-corrected chi connectivity index (χ4v) is 1.82. The van der Waals surface area contributed by atoms with Crippen molar-refractivity contribution in [2.75, 3.05) is 0 Å². The van der Waals surface area contributed by atoms with E-state index in [1.807, 2.05) is 6.92 Å². The maximum Gasteiger partial charge on any atom is 0.138 e. The number of rotatable bonds is 0. The highest BCUT2D eigenvalue weighted by Gasteiger charge is 2.42. The largest absolute Gasteiger partial charge is 0.392 e. The minimum atomic E-state index is -0.212. The van der Waals surface area contributed by atoms with Crippen molar-refractivity contribution in [3.05, 3.63) is 0 Å². The van der Waals surface area contributed by atoms with Crippen LogP contribution in [0.1, 0.15) is 19.8 Å². The van der Waals surface area contributed by atoms with E-state index in [4.69, 9.17) is 4.84 Å². The van der Waals surface area contributed by atoms with E-state index in [1.54, 1.807) is 0 Å². The Morgan fingerprint density at radius 2 is 2.40 bits per heavy atom. The summed E-state index contributed by atoms with van der Waals surface area (Å²) in [5, 5.41) is 13.2. The molecule has 2 aliphatic rings. The summed E-state index contributed by atoms with van der Waals surface area (Å²) in [6, 6.07) is 0. The molecule has 0 saturated heterocycles. The van der Waals surface area contributed by atoms with Crippen molar-refractivity contribution in [1.82, 2.24) is 0 Å². The predicted octanol–water partition coefficient (Wildman–Crippen LogP) is 0.532. The molecular formula is C7H11NO2. The van der Waals surface area contributed by atoms with E-state index in [0.717, 1.165) is 18.6 Å². The van der Waals surface area contributed by atoms with Gasteiger partial charge in [0.25, 0.3) is 0 Å². The van der Waals surface area contributed by atoms with Crippen LogP contribution in [0.3, 0.4) is 0 Å². The van der Waals surface area contributed by atoms with E-state index >= 15 is 0 Å². The zero-order valence-corrected chi connectivity index (χ0v) is 5.95. The fourth-order valence-electron chi connectivity index (χ4n) is 1.82. The maximum absolute atomic E-state index is 9.41. The summed E-state index contributed by atoms with van der Waals surface area (Å²) in [7, 11) is 0. The summed E-state index contributed by atoms with van der Waals surface area (Å²) in [6.07, 6.45) is 1.78. The number of fused-ring (bicyclic) bond motifs is 1. The Hall–Kier alpha value is -0.570. The number of hydrogen-bond acceptors (Lipinski definition) is 3. The predicted molar refractivity (Wildman–Crippen MR) is 36.7 cm³/mol. The average Bonchev–Trinajstić information content (AvgIpc) is 2.40. The van der Waals surface area contributed by atoms with Gasteiger partial charge in [-0.25, -0.2) is 0 Å². The fraction of sp³-hybridized carbons (Fsp3) is 0.857. The first-order chi connectivity index (χ1) is 4.79. The van der Waals surface area contributed by atoms with E-state index in [2.05, 4.69) is 5.16 Å². The molecule has 3 nitrogen and oxygen atoms in total. The van der Waals surface area contributed by atoms with Crippen LogP contribution in [0.25, 0.3) is 0 Å². The van der Waals surface area contributed by atoms with Gasteiger partial charge in [-0.05, 0) is 19.8 Å². The number of oxime groups is 1. The molecule has 3 heteroatoms. The van der Waals surface area contributed by atoms with Crippen LogP contribution >= 0.6 is 0 Å². The van der Waals surface area contributed by atoms with Crippen LogP contribution in [0, 0.1) is 5.92 Å². The Morgan fingerprint density at radius 1 is 1.60 bits per heavy atom. The Bertz CT molecular complexity index is 178. The molecule has 0 aromatic rings. The van der Waals surface area contributed by atoms with Gasteiger partial charge in [0.05, 0.1) is 17.7 Å². The minimum absolute atomic E-state index is 0.176. The van der Waals surface area contributed by atoms with Gasteiger partial charge in [-0.2, -0.15) is 0 Å². The minimum Gasteiger partial charge on any atom is -0.392 e. The Morgan fingerprint density at radius 3 is 3.10 bits per heavy atom.